The van der Waals surface area contributed by atoms with Gasteiger partial charge in [-0.2, -0.15) is 0 Å². The number of rotatable bonds is 3. The molecule has 31 heavy (non-hydrogen) atoms. The number of ether oxygens (including phenoxy) is 1. The van der Waals surface area contributed by atoms with Gasteiger partial charge < -0.3 is 9.30 Å². The smallest absolute Gasteiger partial charge is 0.336 e. The van der Waals surface area contributed by atoms with Crippen molar-refractivity contribution in [2.24, 2.45) is 10.9 Å². The molecule has 0 saturated heterocycles. The summed E-state index contributed by atoms with van der Waals surface area (Å²) in [6.45, 7) is 4.87. The summed E-state index contributed by atoms with van der Waals surface area (Å²) in [5.74, 6) is -0.982. The van der Waals surface area contributed by atoms with Crippen molar-refractivity contribution < 1.29 is 14.3 Å². The van der Waals surface area contributed by atoms with E-state index in [-0.39, 0.29) is 17.6 Å². The molecule has 1 fully saturated rings. The van der Waals surface area contributed by atoms with Crippen LogP contribution in [0.1, 0.15) is 44.6 Å². The van der Waals surface area contributed by atoms with Crippen LogP contribution in [0.15, 0.2) is 58.7 Å². The van der Waals surface area contributed by atoms with Crippen LogP contribution in [0.4, 0.5) is 0 Å². The zero-order chi connectivity index (χ0) is 21.7. The minimum atomic E-state index is -0.403. The van der Waals surface area contributed by atoms with Crippen molar-refractivity contribution in [3.05, 3.63) is 59.3 Å². The third-order valence-electron chi connectivity index (χ3n) is 6.78. The van der Waals surface area contributed by atoms with E-state index in [4.69, 9.17) is 4.74 Å². The van der Waals surface area contributed by atoms with Gasteiger partial charge in [0.2, 0.25) is 0 Å². The van der Waals surface area contributed by atoms with Crippen molar-refractivity contribution in [1.29, 1.82) is 0 Å². The van der Waals surface area contributed by atoms with E-state index in [2.05, 4.69) is 58.9 Å². The van der Waals surface area contributed by atoms with Crippen LogP contribution in [0, 0.1) is 5.92 Å². The summed E-state index contributed by atoms with van der Waals surface area (Å²) < 4.78 is 7.43. The second-order valence-electron chi connectivity index (χ2n) is 8.41. The number of methoxy groups -OCH3 is 1. The third kappa shape index (κ3) is 2.94. The van der Waals surface area contributed by atoms with E-state index in [1.165, 1.54) is 18.0 Å². The summed E-state index contributed by atoms with van der Waals surface area (Å²) in [6, 6.07) is 14.7. The van der Waals surface area contributed by atoms with E-state index in [1.54, 1.807) is 0 Å². The number of Topliss-reactive ketones (excluding diaryl/α,β-unsaturated/α-hetero) is 1. The van der Waals surface area contributed by atoms with Crippen LogP contribution in [0.3, 0.4) is 0 Å². The van der Waals surface area contributed by atoms with Gasteiger partial charge in [0.25, 0.3) is 0 Å². The van der Waals surface area contributed by atoms with E-state index in [9.17, 15) is 9.59 Å². The maximum absolute atomic E-state index is 13.0. The van der Waals surface area contributed by atoms with Gasteiger partial charge in [-0.1, -0.05) is 24.3 Å². The highest BCUT2D eigenvalue weighted by molar-refractivity contribution is 6.12. The Hall–Kier alpha value is -3.21. The van der Waals surface area contributed by atoms with Crippen LogP contribution < -0.4 is 0 Å². The highest BCUT2D eigenvalue weighted by Gasteiger charge is 2.43. The Labute approximate surface area is 181 Å². The molecule has 5 rings (SSSR count). The van der Waals surface area contributed by atoms with Gasteiger partial charge in [-0.3, -0.25) is 9.79 Å². The van der Waals surface area contributed by atoms with Crippen molar-refractivity contribution in [3.8, 4) is 0 Å². The molecule has 2 aromatic carbocycles. The number of hydrogen-bond acceptors (Lipinski definition) is 4. The molecular formula is C26H26N2O3. The van der Waals surface area contributed by atoms with Crippen LogP contribution >= 0.6 is 0 Å². The van der Waals surface area contributed by atoms with Crippen LogP contribution in [0.25, 0.3) is 21.8 Å². The van der Waals surface area contributed by atoms with E-state index < -0.39 is 5.97 Å². The molecule has 1 unspecified atom stereocenters. The van der Waals surface area contributed by atoms with Gasteiger partial charge in [0.05, 0.1) is 18.6 Å². The highest BCUT2D eigenvalue weighted by Crippen LogP contribution is 2.44. The molecule has 5 heteroatoms. The Morgan fingerprint density at radius 2 is 1.87 bits per heavy atom. The molecule has 2 heterocycles. The molecule has 158 valence electrons. The lowest BCUT2D eigenvalue weighted by atomic mass is 9.69. The highest BCUT2D eigenvalue weighted by atomic mass is 16.5. The van der Waals surface area contributed by atoms with E-state index in [0.717, 1.165) is 41.6 Å². The maximum atomic E-state index is 13.0. The van der Waals surface area contributed by atoms with Crippen LogP contribution in [0.2, 0.25) is 0 Å². The molecule has 0 radical (unpaired) electrons. The number of nitrogens with zero attached hydrogens (tertiary/aromatic N) is 2. The third-order valence-corrected chi connectivity index (χ3v) is 6.78. The van der Waals surface area contributed by atoms with Crippen molar-refractivity contribution in [2.75, 3.05) is 7.11 Å². The van der Waals surface area contributed by atoms with Gasteiger partial charge >= 0.3 is 5.97 Å². The number of benzene rings is 2. The molecule has 0 spiro atoms. The fraction of sp³-hybridized carbons (Fsp3) is 0.346. The van der Waals surface area contributed by atoms with Crippen molar-refractivity contribution in [3.63, 3.8) is 0 Å². The Bertz CT molecular complexity index is 1290. The van der Waals surface area contributed by atoms with Crippen LogP contribution in [0.5, 0.6) is 0 Å². The normalized spacial score (nSPS) is 21.4. The first-order chi connectivity index (χ1) is 15.0. The van der Waals surface area contributed by atoms with Gasteiger partial charge in [-0.05, 0) is 50.5 Å². The Kier molecular flexibility index (Phi) is 4.77. The Morgan fingerprint density at radius 1 is 1.10 bits per heavy atom. The summed E-state index contributed by atoms with van der Waals surface area (Å²) >= 11 is 0. The first-order valence-corrected chi connectivity index (χ1v) is 10.9. The average Bonchev–Trinajstić information content (AvgIpc) is 3.10. The molecule has 1 saturated carbocycles. The first-order valence-electron chi connectivity index (χ1n) is 10.9. The lowest BCUT2D eigenvalue weighted by molar-refractivity contribution is -0.136. The standard InChI is InChI=1S/C26H26N2O3/c1-4-28-20-10-6-5-8-17(20)18-14-16(12-13-21(18)28)24-23(26(30)31-3)15(2)27-19-9-7-11-22(29)25(19)24/h5-6,8,10,12-14,24-25H,4,7,9,11H2,1-3H3/t24-,25?/m0/s1. The molecule has 2 atom stereocenters. The molecule has 1 aromatic heterocycles. The summed E-state index contributed by atoms with van der Waals surface area (Å²) in [4.78, 5) is 30.5. The lowest BCUT2D eigenvalue weighted by Crippen LogP contribution is -2.39. The van der Waals surface area contributed by atoms with Gasteiger partial charge in [-0.15, -0.1) is 0 Å². The molecule has 2 aliphatic rings. The van der Waals surface area contributed by atoms with E-state index in [1.807, 2.05) is 6.92 Å². The summed E-state index contributed by atoms with van der Waals surface area (Å²) in [5.41, 5.74) is 5.39. The summed E-state index contributed by atoms with van der Waals surface area (Å²) in [6.07, 6.45) is 2.16. The average molecular weight is 415 g/mol. The zero-order valence-corrected chi connectivity index (χ0v) is 18.1. The minimum absolute atomic E-state index is 0.167. The molecule has 0 bridgehead atoms. The predicted molar refractivity (Wildman–Crippen MR) is 122 cm³/mol. The number of ketones is 1. The Morgan fingerprint density at radius 3 is 2.65 bits per heavy atom. The predicted octanol–water partition coefficient (Wildman–Crippen LogP) is 5.17. The van der Waals surface area contributed by atoms with E-state index >= 15 is 0 Å². The van der Waals surface area contributed by atoms with E-state index in [0.29, 0.717) is 17.7 Å². The number of esters is 1. The number of allylic oxidation sites excluding steroid dienone is 1. The number of carbonyl (C=O) groups is 2. The van der Waals surface area contributed by atoms with Gasteiger partial charge in [0.15, 0.2) is 0 Å². The molecule has 0 amide bonds. The van der Waals surface area contributed by atoms with Crippen molar-refractivity contribution in [2.45, 2.75) is 45.6 Å². The number of aromatic nitrogens is 1. The summed E-state index contributed by atoms with van der Waals surface area (Å²) in [7, 11) is 1.39. The molecular weight excluding hydrogens is 388 g/mol. The second kappa shape index (κ2) is 7.49. The number of carbonyl (C=O) groups excluding carboxylic acids is 2. The van der Waals surface area contributed by atoms with Crippen molar-refractivity contribution in [1.82, 2.24) is 4.57 Å². The van der Waals surface area contributed by atoms with Gasteiger partial charge in [0, 0.05) is 52.1 Å². The lowest BCUT2D eigenvalue weighted by Gasteiger charge is -2.35. The number of aryl methyl sites for hydroxylation is 1. The number of para-hydroxylation sites is 1. The number of hydrogen-bond donors (Lipinski definition) is 0. The molecule has 3 aromatic rings. The minimum Gasteiger partial charge on any atom is -0.466 e. The van der Waals surface area contributed by atoms with Gasteiger partial charge in [0.1, 0.15) is 5.78 Å². The summed E-state index contributed by atoms with van der Waals surface area (Å²) in [5, 5.41) is 2.32. The fourth-order valence-corrected chi connectivity index (χ4v) is 5.46. The first kappa shape index (κ1) is 19.7. The maximum Gasteiger partial charge on any atom is 0.336 e. The molecule has 5 nitrogen and oxygen atoms in total. The zero-order valence-electron chi connectivity index (χ0n) is 18.1. The van der Waals surface area contributed by atoms with Crippen molar-refractivity contribution >= 4 is 39.3 Å². The quantitative estimate of drug-likeness (QED) is 0.556. The number of fused-ring (bicyclic) bond motifs is 4. The molecule has 0 N–H and O–H groups in total. The largest absolute Gasteiger partial charge is 0.466 e. The molecule has 1 aliphatic heterocycles. The monoisotopic (exact) mass is 414 g/mol. The topological polar surface area (TPSA) is 60.7 Å². The SMILES string of the molecule is CCn1c2ccccc2c2cc([C@H]3C(C(=O)OC)=C(C)N=C4CCCC(=O)C43)ccc21. The van der Waals surface area contributed by atoms with Crippen LogP contribution in [-0.2, 0) is 20.9 Å². The fourth-order valence-electron chi connectivity index (χ4n) is 5.46. The second-order valence-corrected chi connectivity index (χ2v) is 8.41. The van der Waals surface area contributed by atoms with Crippen LogP contribution in [-0.4, -0.2) is 29.1 Å². The molecule has 1 aliphatic carbocycles. The van der Waals surface area contributed by atoms with Gasteiger partial charge in [-0.25, -0.2) is 4.79 Å². The Balaban J connectivity index is 1.76. The number of aliphatic imine (C=N–C) groups is 1.